The number of fused-ring (bicyclic) bond motifs is 1. The van der Waals surface area contributed by atoms with Gasteiger partial charge in [0.25, 0.3) is 11.8 Å². The molecule has 1 aliphatic rings. The number of hydrogen-bond donors (Lipinski definition) is 0. The average Bonchev–Trinajstić information content (AvgIpc) is 2.87. The van der Waals surface area contributed by atoms with Crippen LogP contribution in [-0.4, -0.2) is 42.4 Å². The summed E-state index contributed by atoms with van der Waals surface area (Å²) in [5.41, 5.74) is 0.761. The molecule has 1 heterocycles. The summed E-state index contributed by atoms with van der Waals surface area (Å²) >= 11 is 9.12. The molecule has 3 rings (SSSR count). The standard InChI is InChI=1S/C19H15BrClNO5/c20-12-5-6-15-16(9-12)19(25)22(18(15)24)7-2-8-26-17(23)11-27-14-4-1-3-13(21)10-14/h1,3-6,9-10H,2,7-8,11H2. The first kappa shape index (κ1) is 19.4. The molecule has 0 N–H and O–H groups in total. The molecule has 2 aromatic rings. The van der Waals surface area contributed by atoms with E-state index in [1.807, 2.05) is 0 Å². The smallest absolute Gasteiger partial charge is 0.344 e. The molecule has 0 fully saturated rings. The molecule has 2 amide bonds. The van der Waals surface area contributed by atoms with Gasteiger partial charge in [-0.05, 0) is 42.8 Å². The van der Waals surface area contributed by atoms with Crippen LogP contribution in [0.3, 0.4) is 0 Å². The normalized spacial score (nSPS) is 12.9. The molecule has 0 bridgehead atoms. The number of benzene rings is 2. The Bertz CT molecular complexity index is 901. The average molecular weight is 453 g/mol. The van der Waals surface area contributed by atoms with E-state index in [4.69, 9.17) is 21.1 Å². The summed E-state index contributed by atoms with van der Waals surface area (Å²) < 4.78 is 11.1. The minimum absolute atomic E-state index is 0.0782. The van der Waals surface area contributed by atoms with Gasteiger partial charge in [-0.15, -0.1) is 0 Å². The van der Waals surface area contributed by atoms with Crippen molar-refractivity contribution in [2.45, 2.75) is 6.42 Å². The van der Waals surface area contributed by atoms with Crippen molar-refractivity contribution < 1.29 is 23.9 Å². The molecule has 140 valence electrons. The van der Waals surface area contributed by atoms with Crippen LogP contribution in [0.15, 0.2) is 46.9 Å². The van der Waals surface area contributed by atoms with E-state index in [9.17, 15) is 14.4 Å². The molecular formula is C19H15BrClNO5. The summed E-state index contributed by atoms with van der Waals surface area (Å²) in [6.45, 7) is 0.00260. The summed E-state index contributed by atoms with van der Waals surface area (Å²) in [5, 5.41) is 0.508. The van der Waals surface area contributed by atoms with Crippen LogP contribution in [0.4, 0.5) is 0 Å². The third-order valence-corrected chi connectivity index (χ3v) is 4.60. The van der Waals surface area contributed by atoms with Gasteiger partial charge in [-0.2, -0.15) is 0 Å². The number of nitrogens with zero attached hydrogens (tertiary/aromatic N) is 1. The molecule has 0 saturated carbocycles. The predicted molar refractivity (Wildman–Crippen MR) is 102 cm³/mol. The Kier molecular flexibility index (Phi) is 6.13. The maximum absolute atomic E-state index is 12.3. The number of carbonyl (C=O) groups excluding carboxylic acids is 3. The van der Waals surface area contributed by atoms with Crippen LogP contribution >= 0.6 is 27.5 Å². The van der Waals surface area contributed by atoms with Gasteiger partial charge in [0.05, 0.1) is 17.7 Å². The Morgan fingerprint density at radius 2 is 1.85 bits per heavy atom. The Balaban J connectivity index is 1.42. The van der Waals surface area contributed by atoms with Gasteiger partial charge >= 0.3 is 5.97 Å². The van der Waals surface area contributed by atoms with Crippen molar-refractivity contribution in [3.8, 4) is 5.75 Å². The molecule has 0 saturated heterocycles. The number of rotatable bonds is 7. The van der Waals surface area contributed by atoms with E-state index in [2.05, 4.69) is 15.9 Å². The minimum Gasteiger partial charge on any atom is -0.482 e. The van der Waals surface area contributed by atoms with Crippen LogP contribution < -0.4 is 4.74 Å². The van der Waals surface area contributed by atoms with E-state index in [1.54, 1.807) is 42.5 Å². The molecule has 0 aromatic heterocycles. The highest BCUT2D eigenvalue weighted by Gasteiger charge is 2.35. The molecule has 2 aromatic carbocycles. The second-order valence-electron chi connectivity index (χ2n) is 5.77. The molecule has 1 aliphatic heterocycles. The van der Waals surface area contributed by atoms with Gasteiger partial charge in [0.2, 0.25) is 0 Å². The number of amides is 2. The molecular weight excluding hydrogens is 438 g/mol. The topological polar surface area (TPSA) is 72.9 Å². The lowest BCUT2D eigenvalue weighted by atomic mass is 10.1. The van der Waals surface area contributed by atoms with Crippen molar-refractivity contribution in [2.75, 3.05) is 19.8 Å². The van der Waals surface area contributed by atoms with Crippen molar-refractivity contribution in [1.82, 2.24) is 4.90 Å². The fraction of sp³-hybridized carbons (Fsp3) is 0.211. The van der Waals surface area contributed by atoms with Crippen LogP contribution in [0.5, 0.6) is 5.75 Å². The number of ether oxygens (including phenoxy) is 2. The van der Waals surface area contributed by atoms with E-state index in [1.165, 1.54) is 0 Å². The monoisotopic (exact) mass is 451 g/mol. The third kappa shape index (κ3) is 4.67. The number of carbonyl (C=O) groups is 3. The molecule has 0 aliphatic carbocycles. The fourth-order valence-electron chi connectivity index (χ4n) is 2.62. The van der Waals surface area contributed by atoms with E-state index >= 15 is 0 Å². The lowest BCUT2D eigenvalue weighted by Crippen LogP contribution is -2.31. The maximum atomic E-state index is 12.3. The van der Waals surface area contributed by atoms with Gasteiger partial charge in [0.1, 0.15) is 5.75 Å². The van der Waals surface area contributed by atoms with Gasteiger partial charge in [-0.25, -0.2) is 4.79 Å². The van der Waals surface area contributed by atoms with E-state index < -0.39 is 5.97 Å². The molecule has 6 nitrogen and oxygen atoms in total. The lowest BCUT2D eigenvalue weighted by Gasteiger charge is -2.13. The number of imide groups is 1. The number of hydrogen-bond acceptors (Lipinski definition) is 5. The number of esters is 1. The van der Waals surface area contributed by atoms with E-state index in [0.717, 1.165) is 9.37 Å². The zero-order chi connectivity index (χ0) is 19.4. The van der Waals surface area contributed by atoms with Crippen LogP contribution in [0.1, 0.15) is 27.1 Å². The lowest BCUT2D eigenvalue weighted by molar-refractivity contribution is -0.146. The summed E-state index contributed by atoms with van der Waals surface area (Å²) in [5.74, 6) is -0.747. The second-order valence-corrected chi connectivity index (χ2v) is 7.12. The van der Waals surface area contributed by atoms with Gasteiger partial charge in [0, 0.05) is 16.0 Å². The number of halogens is 2. The van der Waals surface area contributed by atoms with Crippen LogP contribution in [0.2, 0.25) is 5.02 Å². The zero-order valence-electron chi connectivity index (χ0n) is 14.1. The Morgan fingerprint density at radius 3 is 2.63 bits per heavy atom. The summed E-state index contributed by atoms with van der Waals surface area (Å²) in [4.78, 5) is 37.5. The highest BCUT2D eigenvalue weighted by molar-refractivity contribution is 9.10. The van der Waals surface area contributed by atoms with Crippen LogP contribution in [-0.2, 0) is 9.53 Å². The molecule has 27 heavy (non-hydrogen) atoms. The summed E-state index contributed by atoms with van der Waals surface area (Å²) in [6, 6.07) is 11.6. The van der Waals surface area contributed by atoms with Crippen molar-refractivity contribution in [3.05, 3.63) is 63.1 Å². The van der Waals surface area contributed by atoms with Gasteiger partial charge in [-0.3, -0.25) is 14.5 Å². The first-order valence-corrected chi connectivity index (χ1v) is 9.32. The second kappa shape index (κ2) is 8.54. The first-order valence-electron chi connectivity index (χ1n) is 8.15. The Morgan fingerprint density at radius 1 is 1.07 bits per heavy atom. The van der Waals surface area contributed by atoms with E-state index in [0.29, 0.717) is 28.3 Å². The molecule has 0 atom stereocenters. The highest BCUT2D eigenvalue weighted by atomic mass is 79.9. The van der Waals surface area contributed by atoms with Crippen LogP contribution in [0, 0.1) is 0 Å². The molecule has 8 heteroatoms. The molecule has 0 spiro atoms. The summed E-state index contributed by atoms with van der Waals surface area (Å²) in [6.07, 6.45) is 0.343. The summed E-state index contributed by atoms with van der Waals surface area (Å²) in [7, 11) is 0. The van der Waals surface area contributed by atoms with Crippen LogP contribution in [0.25, 0.3) is 0 Å². The van der Waals surface area contributed by atoms with Gasteiger partial charge in [-0.1, -0.05) is 33.6 Å². The van der Waals surface area contributed by atoms with Crippen molar-refractivity contribution >= 4 is 45.3 Å². The van der Waals surface area contributed by atoms with Crippen molar-refractivity contribution in [2.24, 2.45) is 0 Å². The SMILES string of the molecule is O=C(COc1cccc(Cl)c1)OCCCN1C(=O)c2ccc(Br)cc2C1=O. The Labute approximate surface area is 169 Å². The highest BCUT2D eigenvalue weighted by Crippen LogP contribution is 2.26. The van der Waals surface area contributed by atoms with E-state index in [-0.39, 0.29) is 31.6 Å². The van der Waals surface area contributed by atoms with Crippen molar-refractivity contribution in [1.29, 1.82) is 0 Å². The van der Waals surface area contributed by atoms with Gasteiger partial charge in [0.15, 0.2) is 6.61 Å². The van der Waals surface area contributed by atoms with Gasteiger partial charge < -0.3 is 9.47 Å². The zero-order valence-corrected chi connectivity index (χ0v) is 16.5. The third-order valence-electron chi connectivity index (χ3n) is 3.87. The minimum atomic E-state index is -0.540. The predicted octanol–water partition coefficient (Wildman–Crippen LogP) is 3.71. The quantitative estimate of drug-likeness (QED) is 0.364. The maximum Gasteiger partial charge on any atom is 0.344 e. The first-order chi connectivity index (χ1) is 13.0. The fourth-order valence-corrected chi connectivity index (χ4v) is 3.16. The molecule has 0 unspecified atom stereocenters. The van der Waals surface area contributed by atoms with Crippen molar-refractivity contribution in [3.63, 3.8) is 0 Å². The molecule has 0 radical (unpaired) electrons. The largest absolute Gasteiger partial charge is 0.482 e. The Hall–Kier alpha value is -2.38.